The number of aromatic nitrogens is 1. The summed E-state index contributed by atoms with van der Waals surface area (Å²) in [5.41, 5.74) is 7.49. The van der Waals surface area contributed by atoms with Crippen LogP contribution in [0.5, 0.6) is 5.88 Å². The lowest BCUT2D eigenvalue weighted by molar-refractivity contribution is 0.400. The van der Waals surface area contributed by atoms with Gasteiger partial charge < -0.3 is 10.5 Å². The van der Waals surface area contributed by atoms with Gasteiger partial charge in [0.1, 0.15) is 0 Å². The van der Waals surface area contributed by atoms with Crippen molar-refractivity contribution in [3.05, 3.63) is 39.5 Å². The summed E-state index contributed by atoms with van der Waals surface area (Å²) < 4.78 is 5.18. The lowest BCUT2D eigenvalue weighted by Gasteiger charge is -2.11. The Morgan fingerprint density at radius 2 is 1.83 bits per heavy atom. The smallest absolute Gasteiger partial charge is 0.221 e. The van der Waals surface area contributed by atoms with E-state index in [1.807, 2.05) is 0 Å². The summed E-state index contributed by atoms with van der Waals surface area (Å²) in [5.74, 6) is 0.407. The van der Waals surface area contributed by atoms with Crippen LogP contribution in [0.2, 0.25) is 15.1 Å². The molecule has 18 heavy (non-hydrogen) atoms. The molecule has 0 aliphatic carbocycles. The number of benzene rings is 1. The molecule has 2 aromatic rings. The molecule has 0 amide bonds. The van der Waals surface area contributed by atoms with Crippen LogP contribution in [0.4, 0.5) is 5.69 Å². The number of hydrogen-bond acceptors (Lipinski definition) is 3. The van der Waals surface area contributed by atoms with E-state index in [4.69, 9.17) is 45.3 Å². The number of rotatable bonds is 2. The maximum Gasteiger partial charge on any atom is 0.221 e. The highest BCUT2D eigenvalue weighted by Crippen LogP contribution is 2.40. The van der Waals surface area contributed by atoms with E-state index in [1.165, 1.54) is 13.3 Å². The minimum atomic E-state index is 0.364. The maximum absolute atomic E-state index is 6.17. The summed E-state index contributed by atoms with van der Waals surface area (Å²) in [5, 5.41) is 1.22. The van der Waals surface area contributed by atoms with Crippen LogP contribution in [-0.2, 0) is 0 Å². The second-order valence-electron chi connectivity index (χ2n) is 3.57. The zero-order chi connectivity index (χ0) is 13.3. The highest BCUT2D eigenvalue weighted by molar-refractivity contribution is 6.45. The summed E-state index contributed by atoms with van der Waals surface area (Å²) in [6.07, 6.45) is 1.50. The molecule has 0 unspecified atom stereocenters. The second kappa shape index (κ2) is 5.22. The fourth-order valence-corrected chi connectivity index (χ4v) is 2.28. The van der Waals surface area contributed by atoms with Crippen LogP contribution in [0.25, 0.3) is 11.1 Å². The van der Waals surface area contributed by atoms with Gasteiger partial charge in [0.2, 0.25) is 5.88 Å². The molecule has 0 aliphatic rings. The first-order valence-electron chi connectivity index (χ1n) is 4.97. The Kier molecular flexibility index (Phi) is 3.85. The number of nitrogen functional groups attached to an aromatic ring is 1. The summed E-state index contributed by atoms with van der Waals surface area (Å²) in [4.78, 5) is 4.08. The SMILES string of the molecule is COc1ncc(N)cc1-c1cc(Cl)cc(Cl)c1Cl. The van der Waals surface area contributed by atoms with Crippen LogP contribution in [0.3, 0.4) is 0 Å². The van der Waals surface area contributed by atoms with Crippen molar-refractivity contribution < 1.29 is 4.74 Å². The number of halogens is 3. The third-order valence-electron chi connectivity index (χ3n) is 2.35. The average molecular weight is 304 g/mol. The Morgan fingerprint density at radius 3 is 2.50 bits per heavy atom. The van der Waals surface area contributed by atoms with Gasteiger partial charge in [0, 0.05) is 16.1 Å². The van der Waals surface area contributed by atoms with Gasteiger partial charge in [0.25, 0.3) is 0 Å². The largest absolute Gasteiger partial charge is 0.481 e. The number of pyridine rings is 1. The van der Waals surface area contributed by atoms with Crippen LogP contribution in [-0.4, -0.2) is 12.1 Å². The molecule has 0 aliphatic heterocycles. The van der Waals surface area contributed by atoms with Crippen LogP contribution in [0.1, 0.15) is 0 Å². The second-order valence-corrected chi connectivity index (χ2v) is 4.80. The van der Waals surface area contributed by atoms with E-state index in [-0.39, 0.29) is 0 Å². The fourth-order valence-electron chi connectivity index (χ4n) is 1.58. The third-order valence-corrected chi connectivity index (χ3v) is 3.37. The summed E-state index contributed by atoms with van der Waals surface area (Å²) in [6, 6.07) is 4.97. The van der Waals surface area contributed by atoms with Crippen molar-refractivity contribution in [1.82, 2.24) is 4.98 Å². The molecule has 1 aromatic carbocycles. The van der Waals surface area contributed by atoms with Crippen molar-refractivity contribution in [2.24, 2.45) is 0 Å². The van der Waals surface area contributed by atoms with E-state index < -0.39 is 0 Å². The average Bonchev–Trinajstić information content (AvgIpc) is 2.33. The van der Waals surface area contributed by atoms with Crippen LogP contribution >= 0.6 is 34.8 Å². The highest BCUT2D eigenvalue weighted by atomic mass is 35.5. The molecular weight excluding hydrogens is 295 g/mol. The predicted octanol–water partition coefficient (Wildman–Crippen LogP) is 4.30. The molecular formula is C12H9Cl3N2O. The van der Waals surface area contributed by atoms with Gasteiger partial charge in [0.05, 0.1) is 29.0 Å². The number of anilines is 1. The molecule has 1 aromatic heterocycles. The molecule has 2 N–H and O–H groups in total. The Hall–Kier alpha value is -1.16. The molecule has 0 spiro atoms. The molecule has 0 saturated carbocycles. The van der Waals surface area contributed by atoms with Crippen molar-refractivity contribution in [1.29, 1.82) is 0 Å². The Balaban J connectivity index is 2.72. The number of hydrogen-bond donors (Lipinski definition) is 1. The predicted molar refractivity (Wildman–Crippen MR) is 75.7 cm³/mol. The summed E-state index contributed by atoms with van der Waals surface area (Å²) in [7, 11) is 1.52. The van der Waals surface area contributed by atoms with Gasteiger partial charge in [-0.25, -0.2) is 4.98 Å². The van der Waals surface area contributed by atoms with Crippen molar-refractivity contribution in [3.8, 4) is 17.0 Å². The molecule has 6 heteroatoms. The fraction of sp³-hybridized carbons (Fsp3) is 0.0833. The van der Waals surface area contributed by atoms with Crippen LogP contribution < -0.4 is 10.5 Å². The van der Waals surface area contributed by atoms with Gasteiger partial charge >= 0.3 is 0 Å². The van der Waals surface area contributed by atoms with E-state index >= 15 is 0 Å². The molecule has 0 atom stereocenters. The molecule has 0 radical (unpaired) electrons. The van der Waals surface area contributed by atoms with Crippen molar-refractivity contribution in [2.75, 3.05) is 12.8 Å². The zero-order valence-electron chi connectivity index (χ0n) is 9.38. The van der Waals surface area contributed by atoms with Gasteiger partial charge in [-0.2, -0.15) is 0 Å². The van der Waals surface area contributed by atoms with E-state index in [1.54, 1.807) is 18.2 Å². The summed E-state index contributed by atoms with van der Waals surface area (Å²) in [6.45, 7) is 0. The Morgan fingerprint density at radius 1 is 1.11 bits per heavy atom. The van der Waals surface area contributed by atoms with E-state index in [0.717, 1.165) is 0 Å². The number of methoxy groups -OCH3 is 1. The Bertz CT molecular complexity index is 602. The number of nitrogens with zero attached hydrogens (tertiary/aromatic N) is 1. The minimum absolute atomic E-state index is 0.364. The van der Waals surface area contributed by atoms with Gasteiger partial charge in [0.15, 0.2) is 0 Å². The molecule has 0 bridgehead atoms. The third kappa shape index (κ3) is 2.48. The maximum atomic E-state index is 6.17. The summed E-state index contributed by atoms with van der Waals surface area (Å²) >= 11 is 18.1. The molecule has 94 valence electrons. The van der Waals surface area contributed by atoms with E-state index in [0.29, 0.717) is 37.8 Å². The van der Waals surface area contributed by atoms with Crippen LogP contribution in [0, 0.1) is 0 Å². The number of ether oxygens (including phenoxy) is 1. The van der Waals surface area contributed by atoms with Crippen molar-refractivity contribution in [2.45, 2.75) is 0 Å². The van der Waals surface area contributed by atoms with Gasteiger partial charge in [-0.15, -0.1) is 0 Å². The molecule has 0 saturated heterocycles. The lowest BCUT2D eigenvalue weighted by Crippen LogP contribution is -1.95. The van der Waals surface area contributed by atoms with Crippen molar-refractivity contribution >= 4 is 40.5 Å². The molecule has 0 fully saturated rings. The molecule has 3 nitrogen and oxygen atoms in total. The lowest BCUT2D eigenvalue weighted by atomic mass is 10.1. The molecule has 2 rings (SSSR count). The van der Waals surface area contributed by atoms with Gasteiger partial charge in [-0.05, 0) is 18.2 Å². The minimum Gasteiger partial charge on any atom is -0.481 e. The molecule has 1 heterocycles. The quantitative estimate of drug-likeness (QED) is 0.841. The van der Waals surface area contributed by atoms with Crippen LogP contribution in [0.15, 0.2) is 24.4 Å². The van der Waals surface area contributed by atoms with E-state index in [9.17, 15) is 0 Å². The van der Waals surface area contributed by atoms with E-state index in [2.05, 4.69) is 4.98 Å². The number of nitrogens with two attached hydrogens (primary N) is 1. The normalized spacial score (nSPS) is 10.4. The standard InChI is InChI=1S/C12H9Cl3N2O/c1-18-12-9(4-7(16)5-17-12)8-2-6(13)3-10(14)11(8)15/h2-5H,16H2,1H3. The first kappa shape index (κ1) is 13.3. The monoisotopic (exact) mass is 302 g/mol. The van der Waals surface area contributed by atoms with Gasteiger partial charge in [-0.3, -0.25) is 0 Å². The first-order chi connectivity index (χ1) is 8.52. The topological polar surface area (TPSA) is 48.1 Å². The van der Waals surface area contributed by atoms with Gasteiger partial charge in [-0.1, -0.05) is 34.8 Å². The van der Waals surface area contributed by atoms with Crippen molar-refractivity contribution in [3.63, 3.8) is 0 Å². The zero-order valence-corrected chi connectivity index (χ0v) is 11.6. The first-order valence-corrected chi connectivity index (χ1v) is 6.10. The highest BCUT2D eigenvalue weighted by Gasteiger charge is 2.14. The Labute approximate surface area is 119 Å².